The van der Waals surface area contributed by atoms with E-state index in [0.717, 1.165) is 0 Å². The Morgan fingerprint density at radius 2 is 1.54 bits per heavy atom. The summed E-state index contributed by atoms with van der Waals surface area (Å²) in [5, 5.41) is 0.104. The highest BCUT2D eigenvalue weighted by atomic mass is 35.5. The van der Waals surface area contributed by atoms with E-state index in [2.05, 4.69) is 0 Å². The molecule has 2 fully saturated rings. The molecule has 24 heavy (non-hydrogen) atoms. The Bertz CT molecular complexity index is 609. The van der Waals surface area contributed by atoms with Crippen LogP contribution in [0.1, 0.15) is 10.4 Å². The lowest BCUT2D eigenvalue weighted by atomic mass is 10.1. The van der Waals surface area contributed by atoms with Crippen LogP contribution in [-0.2, 0) is 4.74 Å². The van der Waals surface area contributed by atoms with Gasteiger partial charge in [0.1, 0.15) is 5.82 Å². The van der Waals surface area contributed by atoms with Crippen molar-refractivity contribution >= 4 is 23.5 Å². The first-order valence-corrected chi connectivity index (χ1v) is 8.30. The summed E-state index contributed by atoms with van der Waals surface area (Å²) in [6, 6.07) is 4.15. The molecule has 2 saturated heterocycles. The van der Waals surface area contributed by atoms with Crippen LogP contribution in [0.3, 0.4) is 0 Å². The molecule has 0 N–H and O–H groups in total. The summed E-state index contributed by atoms with van der Waals surface area (Å²) in [6.45, 7) is 3.85. The lowest BCUT2D eigenvalue weighted by Gasteiger charge is -2.38. The predicted octanol–water partition coefficient (Wildman–Crippen LogP) is 1.69. The first-order chi connectivity index (χ1) is 11.6. The van der Waals surface area contributed by atoms with Crippen molar-refractivity contribution in [3.63, 3.8) is 0 Å². The molecule has 0 aromatic heterocycles. The number of amides is 3. The van der Waals surface area contributed by atoms with Gasteiger partial charge in [-0.1, -0.05) is 17.7 Å². The van der Waals surface area contributed by atoms with Gasteiger partial charge in [0, 0.05) is 39.3 Å². The van der Waals surface area contributed by atoms with Gasteiger partial charge in [-0.25, -0.2) is 9.18 Å². The van der Waals surface area contributed by atoms with Crippen LogP contribution in [0.5, 0.6) is 0 Å². The summed E-state index contributed by atoms with van der Waals surface area (Å²) >= 11 is 5.95. The number of halogens is 2. The first kappa shape index (κ1) is 17.0. The third-order valence-electron chi connectivity index (χ3n) is 4.30. The lowest BCUT2D eigenvalue weighted by Crippen LogP contribution is -2.55. The van der Waals surface area contributed by atoms with E-state index in [1.165, 1.54) is 23.1 Å². The normalized spacial score (nSPS) is 18.7. The minimum atomic E-state index is -0.626. The van der Waals surface area contributed by atoms with Gasteiger partial charge in [0.2, 0.25) is 0 Å². The molecule has 8 heteroatoms. The van der Waals surface area contributed by atoms with Crippen molar-refractivity contribution in [3.8, 4) is 0 Å². The van der Waals surface area contributed by atoms with Gasteiger partial charge >= 0.3 is 6.03 Å². The zero-order valence-electron chi connectivity index (χ0n) is 13.2. The van der Waals surface area contributed by atoms with Crippen molar-refractivity contribution in [1.29, 1.82) is 0 Å². The van der Waals surface area contributed by atoms with E-state index in [9.17, 15) is 14.0 Å². The van der Waals surface area contributed by atoms with Crippen LogP contribution >= 0.6 is 11.6 Å². The monoisotopic (exact) mass is 355 g/mol. The summed E-state index contributed by atoms with van der Waals surface area (Å²) in [4.78, 5) is 29.9. The topological polar surface area (TPSA) is 53.1 Å². The van der Waals surface area contributed by atoms with Gasteiger partial charge in [-0.15, -0.1) is 0 Å². The molecule has 3 amide bonds. The second-order valence-corrected chi connectivity index (χ2v) is 6.17. The number of carbonyl (C=O) groups is 2. The molecule has 0 atom stereocenters. The molecule has 0 aliphatic carbocycles. The molecule has 3 rings (SSSR count). The number of carbonyl (C=O) groups excluding carboxylic acids is 2. The lowest BCUT2D eigenvalue weighted by molar-refractivity contribution is 0.0362. The summed E-state index contributed by atoms with van der Waals surface area (Å²) < 4.78 is 19.1. The van der Waals surface area contributed by atoms with E-state index in [0.29, 0.717) is 52.5 Å². The Balaban J connectivity index is 1.60. The fourth-order valence-corrected chi connectivity index (χ4v) is 3.16. The number of rotatable bonds is 1. The Kier molecular flexibility index (Phi) is 5.20. The van der Waals surface area contributed by atoms with Gasteiger partial charge in [-0.3, -0.25) is 4.79 Å². The second-order valence-electron chi connectivity index (χ2n) is 5.76. The van der Waals surface area contributed by atoms with Crippen LogP contribution in [0, 0.1) is 5.82 Å². The number of piperazine rings is 1. The maximum absolute atomic E-state index is 13.9. The van der Waals surface area contributed by atoms with E-state index in [1.54, 1.807) is 9.80 Å². The summed E-state index contributed by atoms with van der Waals surface area (Å²) in [6.07, 6.45) is 0. The molecule has 6 nitrogen and oxygen atoms in total. The average Bonchev–Trinajstić information content (AvgIpc) is 2.62. The van der Waals surface area contributed by atoms with E-state index >= 15 is 0 Å². The number of hydrogen-bond donors (Lipinski definition) is 0. The zero-order valence-corrected chi connectivity index (χ0v) is 14.0. The van der Waals surface area contributed by atoms with Gasteiger partial charge in [0.25, 0.3) is 5.91 Å². The number of benzene rings is 1. The highest BCUT2D eigenvalue weighted by Crippen LogP contribution is 2.21. The largest absolute Gasteiger partial charge is 0.378 e. The van der Waals surface area contributed by atoms with Crippen molar-refractivity contribution in [2.45, 2.75) is 0 Å². The maximum Gasteiger partial charge on any atom is 0.320 e. The molecule has 2 aliphatic rings. The maximum atomic E-state index is 13.9. The fraction of sp³-hybridized carbons (Fsp3) is 0.500. The molecule has 0 radical (unpaired) electrons. The summed E-state index contributed by atoms with van der Waals surface area (Å²) in [5.74, 6) is -1.06. The molecule has 0 unspecified atom stereocenters. The SMILES string of the molecule is O=C(c1c(F)cccc1Cl)N1CCN(C(=O)N2CCOCC2)CC1. The minimum absolute atomic E-state index is 0.0330. The van der Waals surface area contributed by atoms with Gasteiger partial charge in [-0.2, -0.15) is 0 Å². The number of urea groups is 1. The van der Waals surface area contributed by atoms with E-state index in [1.807, 2.05) is 0 Å². The molecule has 0 saturated carbocycles. The van der Waals surface area contributed by atoms with E-state index in [-0.39, 0.29) is 16.6 Å². The van der Waals surface area contributed by atoms with Crippen LogP contribution in [-0.4, -0.2) is 79.1 Å². The van der Waals surface area contributed by atoms with Gasteiger partial charge in [0.15, 0.2) is 0 Å². The predicted molar refractivity (Wildman–Crippen MR) is 86.7 cm³/mol. The van der Waals surface area contributed by atoms with Crippen molar-refractivity contribution in [3.05, 3.63) is 34.6 Å². The van der Waals surface area contributed by atoms with E-state index < -0.39 is 11.7 Å². The van der Waals surface area contributed by atoms with Crippen LogP contribution in [0.4, 0.5) is 9.18 Å². The fourth-order valence-electron chi connectivity index (χ4n) is 2.92. The molecule has 0 bridgehead atoms. The van der Waals surface area contributed by atoms with Crippen LogP contribution in [0.15, 0.2) is 18.2 Å². The molecule has 2 aliphatic heterocycles. The van der Waals surface area contributed by atoms with E-state index in [4.69, 9.17) is 16.3 Å². The second kappa shape index (κ2) is 7.36. The van der Waals surface area contributed by atoms with Crippen molar-refractivity contribution in [1.82, 2.24) is 14.7 Å². The third-order valence-corrected chi connectivity index (χ3v) is 4.61. The number of ether oxygens (including phenoxy) is 1. The highest BCUT2D eigenvalue weighted by Gasteiger charge is 2.30. The average molecular weight is 356 g/mol. The molecular weight excluding hydrogens is 337 g/mol. The molecule has 2 heterocycles. The zero-order chi connectivity index (χ0) is 17.1. The number of hydrogen-bond acceptors (Lipinski definition) is 3. The van der Waals surface area contributed by atoms with Crippen molar-refractivity contribution in [2.24, 2.45) is 0 Å². The van der Waals surface area contributed by atoms with Gasteiger partial charge < -0.3 is 19.4 Å². The quantitative estimate of drug-likeness (QED) is 0.770. The standard InChI is InChI=1S/C16H19ClFN3O3/c17-12-2-1-3-13(18)14(12)15(22)19-4-6-20(7-5-19)16(23)21-8-10-24-11-9-21/h1-3H,4-11H2. The van der Waals surface area contributed by atoms with Crippen molar-refractivity contribution in [2.75, 3.05) is 52.5 Å². The molecular formula is C16H19ClFN3O3. The summed E-state index contributed by atoms with van der Waals surface area (Å²) in [7, 11) is 0. The molecule has 130 valence electrons. The van der Waals surface area contributed by atoms with Crippen LogP contribution < -0.4 is 0 Å². The van der Waals surface area contributed by atoms with Crippen LogP contribution in [0.2, 0.25) is 5.02 Å². The Hall–Kier alpha value is -1.86. The first-order valence-electron chi connectivity index (χ1n) is 7.93. The number of nitrogens with zero attached hydrogens (tertiary/aromatic N) is 3. The Labute approximate surface area is 144 Å². The molecule has 1 aromatic rings. The molecule has 1 aromatic carbocycles. The van der Waals surface area contributed by atoms with Crippen molar-refractivity contribution < 1.29 is 18.7 Å². The van der Waals surface area contributed by atoms with Crippen LogP contribution in [0.25, 0.3) is 0 Å². The number of morpholine rings is 1. The Morgan fingerprint density at radius 3 is 2.17 bits per heavy atom. The summed E-state index contributed by atoms with van der Waals surface area (Å²) in [5.41, 5.74) is -0.105. The molecule has 0 spiro atoms. The highest BCUT2D eigenvalue weighted by molar-refractivity contribution is 6.33. The third kappa shape index (κ3) is 3.47. The minimum Gasteiger partial charge on any atom is -0.378 e. The smallest absolute Gasteiger partial charge is 0.320 e. The van der Waals surface area contributed by atoms with Gasteiger partial charge in [-0.05, 0) is 12.1 Å². The van der Waals surface area contributed by atoms with Gasteiger partial charge in [0.05, 0.1) is 23.8 Å². The Morgan fingerprint density at radius 1 is 0.958 bits per heavy atom.